The fourth-order valence-electron chi connectivity index (χ4n) is 1.86. The minimum absolute atomic E-state index is 0.543. The molecular weight excluding hydrogens is 174 g/mol. The molecule has 0 heterocycles. The Balaban J connectivity index is 3.69. The molecule has 0 aliphatic rings. The normalized spacial score (nSPS) is 15.4. The van der Waals surface area contributed by atoms with Crippen molar-refractivity contribution < 1.29 is 4.74 Å². The summed E-state index contributed by atoms with van der Waals surface area (Å²) in [5, 5.41) is 3.53. The molecule has 0 aromatic carbocycles. The fraction of sp³-hybridized carbons (Fsp3) is 1.00. The number of ether oxygens (including phenoxy) is 1. The van der Waals surface area contributed by atoms with Crippen LogP contribution in [-0.4, -0.2) is 26.3 Å². The molecule has 0 aromatic heterocycles. The van der Waals surface area contributed by atoms with Crippen LogP contribution in [0.2, 0.25) is 0 Å². The average Bonchev–Trinajstić information content (AvgIpc) is 2.15. The molecule has 1 N–H and O–H groups in total. The molecule has 0 aliphatic heterocycles. The largest absolute Gasteiger partial charge is 0.383 e. The smallest absolute Gasteiger partial charge is 0.0615 e. The number of nitrogens with one attached hydrogen (secondary N) is 1. The van der Waals surface area contributed by atoms with E-state index >= 15 is 0 Å². The van der Waals surface area contributed by atoms with E-state index in [2.05, 4.69) is 26.1 Å². The highest BCUT2D eigenvalue weighted by Gasteiger charge is 2.11. The lowest BCUT2D eigenvalue weighted by Gasteiger charge is -2.21. The van der Waals surface area contributed by atoms with Crippen molar-refractivity contribution in [2.24, 2.45) is 5.92 Å². The van der Waals surface area contributed by atoms with Gasteiger partial charge in [-0.05, 0) is 25.3 Å². The van der Waals surface area contributed by atoms with Crippen LogP contribution in [0.5, 0.6) is 0 Å². The van der Waals surface area contributed by atoms with Gasteiger partial charge >= 0.3 is 0 Å². The molecule has 2 unspecified atom stereocenters. The lowest BCUT2D eigenvalue weighted by atomic mass is 9.97. The summed E-state index contributed by atoms with van der Waals surface area (Å²) in [6.45, 7) is 8.73. The van der Waals surface area contributed by atoms with Gasteiger partial charge in [0.05, 0.1) is 6.61 Å². The first-order valence-electron chi connectivity index (χ1n) is 5.96. The first-order chi connectivity index (χ1) is 6.74. The summed E-state index contributed by atoms with van der Waals surface area (Å²) in [6.07, 6.45) is 5.05. The summed E-state index contributed by atoms with van der Waals surface area (Å²) in [7, 11) is 1.78. The lowest BCUT2D eigenvalue weighted by molar-refractivity contribution is 0.154. The third-order valence-electron chi connectivity index (χ3n) is 2.52. The van der Waals surface area contributed by atoms with Crippen molar-refractivity contribution in [3.05, 3.63) is 0 Å². The van der Waals surface area contributed by atoms with E-state index in [-0.39, 0.29) is 0 Å². The number of hydrogen-bond donors (Lipinski definition) is 1. The van der Waals surface area contributed by atoms with Crippen molar-refractivity contribution in [2.75, 3.05) is 20.3 Å². The molecule has 0 spiro atoms. The van der Waals surface area contributed by atoms with Gasteiger partial charge in [0, 0.05) is 13.2 Å². The van der Waals surface area contributed by atoms with Gasteiger partial charge in [-0.3, -0.25) is 0 Å². The molecule has 0 saturated carbocycles. The quantitative estimate of drug-likeness (QED) is 0.619. The molecule has 0 saturated heterocycles. The molecule has 0 bridgehead atoms. The molecule has 0 fully saturated rings. The summed E-state index contributed by atoms with van der Waals surface area (Å²) in [5.74, 6) is 0.810. The van der Waals surface area contributed by atoms with Crippen molar-refractivity contribution >= 4 is 0 Å². The molecule has 0 amide bonds. The SMILES string of the molecule is CCCNC(COC)CC(C)CCC. The minimum atomic E-state index is 0.543. The second-order valence-corrected chi connectivity index (χ2v) is 4.24. The van der Waals surface area contributed by atoms with E-state index in [1.54, 1.807) is 7.11 Å². The Kier molecular flexibility index (Phi) is 9.42. The van der Waals surface area contributed by atoms with Crippen LogP contribution in [0.15, 0.2) is 0 Å². The summed E-state index contributed by atoms with van der Waals surface area (Å²) < 4.78 is 5.22. The number of hydrogen-bond acceptors (Lipinski definition) is 2. The van der Waals surface area contributed by atoms with Crippen LogP contribution in [0, 0.1) is 5.92 Å². The Morgan fingerprint density at radius 3 is 2.43 bits per heavy atom. The van der Waals surface area contributed by atoms with Gasteiger partial charge in [0.15, 0.2) is 0 Å². The molecule has 14 heavy (non-hydrogen) atoms. The van der Waals surface area contributed by atoms with Gasteiger partial charge in [-0.15, -0.1) is 0 Å². The van der Waals surface area contributed by atoms with E-state index in [0.29, 0.717) is 6.04 Å². The fourth-order valence-corrected chi connectivity index (χ4v) is 1.86. The Morgan fingerprint density at radius 2 is 1.93 bits per heavy atom. The monoisotopic (exact) mass is 201 g/mol. The van der Waals surface area contributed by atoms with E-state index < -0.39 is 0 Å². The average molecular weight is 201 g/mol. The number of methoxy groups -OCH3 is 1. The summed E-state index contributed by atoms with van der Waals surface area (Å²) in [6, 6.07) is 0.543. The molecule has 0 aliphatic carbocycles. The third kappa shape index (κ3) is 7.34. The molecule has 0 aromatic rings. The summed E-state index contributed by atoms with van der Waals surface area (Å²) in [5.41, 5.74) is 0. The molecular formula is C12H27NO. The van der Waals surface area contributed by atoms with Crippen LogP contribution >= 0.6 is 0 Å². The maximum atomic E-state index is 5.22. The highest BCUT2D eigenvalue weighted by molar-refractivity contribution is 4.69. The molecule has 86 valence electrons. The predicted molar refractivity (Wildman–Crippen MR) is 62.6 cm³/mol. The van der Waals surface area contributed by atoms with Gasteiger partial charge in [-0.2, -0.15) is 0 Å². The maximum Gasteiger partial charge on any atom is 0.0615 e. The van der Waals surface area contributed by atoms with E-state index in [1.165, 1.54) is 25.7 Å². The van der Waals surface area contributed by atoms with Crippen LogP contribution in [0.4, 0.5) is 0 Å². The summed E-state index contributed by atoms with van der Waals surface area (Å²) in [4.78, 5) is 0. The highest BCUT2D eigenvalue weighted by Crippen LogP contribution is 2.12. The second-order valence-electron chi connectivity index (χ2n) is 4.24. The van der Waals surface area contributed by atoms with Crippen molar-refractivity contribution in [3.8, 4) is 0 Å². The second kappa shape index (κ2) is 9.47. The Bertz CT molecular complexity index is 117. The zero-order chi connectivity index (χ0) is 10.8. The van der Waals surface area contributed by atoms with Crippen molar-refractivity contribution in [3.63, 3.8) is 0 Å². The van der Waals surface area contributed by atoms with Crippen LogP contribution in [0.3, 0.4) is 0 Å². The van der Waals surface area contributed by atoms with E-state index in [1.807, 2.05) is 0 Å². The first-order valence-corrected chi connectivity index (χ1v) is 5.96. The van der Waals surface area contributed by atoms with Gasteiger partial charge in [0.2, 0.25) is 0 Å². The van der Waals surface area contributed by atoms with E-state index in [4.69, 9.17) is 4.74 Å². The van der Waals surface area contributed by atoms with Gasteiger partial charge in [0.25, 0.3) is 0 Å². The molecule has 2 nitrogen and oxygen atoms in total. The highest BCUT2D eigenvalue weighted by atomic mass is 16.5. The topological polar surface area (TPSA) is 21.3 Å². The molecule has 2 atom stereocenters. The van der Waals surface area contributed by atoms with Gasteiger partial charge < -0.3 is 10.1 Å². The third-order valence-corrected chi connectivity index (χ3v) is 2.52. The number of rotatable bonds is 9. The van der Waals surface area contributed by atoms with Crippen molar-refractivity contribution in [1.29, 1.82) is 0 Å². The van der Waals surface area contributed by atoms with E-state index in [0.717, 1.165) is 19.1 Å². The summed E-state index contributed by atoms with van der Waals surface area (Å²) >= 11 is 0. The van der Waals surface area contributed by atoms with Gasteiger partial charge in [0.1, 0.15) is 0 Å². The van der Waals surface area contributed by atoms with Crippen molar-refractivity contribution in [1.82, 2.24) is 5.32 Å². The van der Waals surface area contributed by atoms with Crippen LogP contribution in [0.1, 0.15) is 46.5 Å². The minimum Gasteiger partial charge on any atom is -0.383 e. The van der Waals surface area contributed by atoms with E-state index in [9.17, 15) is 0 Å². The van der Waals surface area contributed by atoms with Crippen LogP contribution in [-0.2, 0) is 4.74 Å². The first kappa shape index (κ1) is 13.9. The Morgan fingerprint density at radius 1 is 1.21 bits per heavy atom. The maximum absolute atomic E-state index is 5.22. The Hall–Kier alpha value is -0.0800. The molecule has 0 radical (unpaired) electrons. The zero-order valence-corrected chi connectivity index (χ0v) is 10.3. The predicted octanol–water partition coefficient (Wildman–Crippen LogP) is 2.83. The molecule has 2 heteroatoms. The molecule has 0 rings (SSSR count). The van der Waals surface area contributed by atoms with Crippen molar-refractivity contribution in [2.45, 2.75) is 52.5 Å². The zero-order valence-electron chi connectivity index (χ0n) is 10.3. The van der Waals surface area contributed by atoms with Gasteiger partial charge in [-0.1, -0.05) is 33.6 Å². The van der Waals surface area contributed by atoms with Crippen LogP contribution in [0.25, 0.3) is 0 Å². The standard InChI is InChI=1S/C12H27NO/c1-5-7-11(3)9-12(10-14-4)13-8-6-2/h11-13H,5-10H2,1-4H3. The van der Waals surface area contributed by atoms with Gasteiger partial charge in [-0.25, -0.2) is 0 Å². The van der Waals surface area contributed by atoms with Crippen LogP contribution < -0.4 is 5.32 Å². The Labute approximate surface area is 89.4 Å². The lowest BCUT2D eigenvalue weighted by Crippen LogP contribution is -2.35.